The maximum atomic E-state index is 11.9. The molecular formula is C11H23N3O3. The van der Waals surface area contributed by atoms with Crippen LogP contribution in [0.5, 0.6) is 0 Å². The van der Waals surface area contributed by atoms with Gasteiger partial charge in [0.25, 0.3) is 0 Å². The molecule has 0 heterocycles. The maximum Gasteiger partial charge on any atom is 0.242 e. The number of methoxy groups -OCH3 is 1. The van der Waals surface area contributed by atoms with E-state index in [4.69, 9.17) is 10.5 Å². The van der Waals surface area contributed by atoms with E-state index in [-0.39, 0.29) is 25.0 Å². The van der Waals surface area contributed by atoms with Crippen LogP contribution in [0.15, 0.2) is 0 Å². The number of rotatable bonds is 7. The Morgan fingerprint density at radius 1 is 1.35 bits per heavy atom. The Labute approximate surface area is 103 Å². The first-order valence-electron chi connectivity index (χ1n) is 5.67. The van der Waals surface area contributed by atoms with E-state index in [9.17, 15) is 9.59 Å². The van der Waals surface area contributed by atoms with Crippen molar-refractivity contribution in [3.05, 3.63) is 0 Å². The standard InChI is InChI=1S/C11H23N3O3/c1-5-6-14(7-10(15)13(2)3)11(16)9(12)8-17-4/h9H,5-8,12H2,1-4H3. The molecule has 2 amide bonds. The molecule has 0 aliphatic heterocycles. The normalized spacial score (nSPS) is 12.1. The Kier molecular flexibility index (Phi) is 7.49. The lowest BCUT2D eigenvalue weighted by Crippen LogP contribution is -2.49. The van der Waals surface area contributed by atoms with Gasteiger partial charge in [-0.2, -0.15) is 0 Å². The molecule has 0 spiro atoms. The summed E-state index contributed by atoms with van der Waals surface area (Å²) in [6.07, 6.45) is 0.784. The van der Waals surface area contributed by atoms with Gasteiger partial charge in [0.15, 0.2) is 0 Å². The van der Waals surface area contributed by atoms with E-state index in [1.165, 1.54) is 16.9 Å². The number of likely N-dealkylation sites (N-methyl/N-ethyl adjacent to an activating group) is 1. The van der Waals surface area contributed by atoms with E-state index in [2.05, 4.69) is 0 Å². The largest absolute Gasteiger partial charge is 0.383 e. The Balaban J connectivity index is 4.50. The van der Waals surface area contributed by atoms with Crippen LogP contribution in [0, 0.1) is 0 Å². The van der Waals surface area contributed by atoms with Gasteiger partial charge in [-0.25, -0.2) is 0 Å². The molecular weight excluding hydrogens is 222 g/mol. The first-order chi connectivity index (χ1) is 7.93. The lowest BCUT2D eigenvalue weighted by molar-refractivity contribution is -0.140. The topological polar surface area (TPSA) is 75.9 Å². The first-order valence-corrected chi connectivity index (χ1v) is 5.67. The summed E-state index contributed by atoms with van der Waals surface area (Å²) in [5.74, 6) is -0.361. The van der Waals surface area contributed by atoms with Gasteiger partial charge in [0.05, 0.1) is 13.2 Å². The van der Waals surface area contributed by atoms with E-state index in [1.807, 2.05) is 6.92 Å². The summed E-state index contributed by atoms with van der Waals surface area (Å²) in [6.45, 7) is 2.70. The van der Waals surface area contributed by atoms with Crippen LogP contribution in [0.3, 0.4) is 0 Å². The van der Waals surface area contributed by atoms with Crippen molar-refractivity contribution in [2.45, 2.75) is 19.4 Å². The van der Waals surface area contributed by atoms with Crippen LogP contribution in [0.4, 0.5) is 0 Å². The lowest BCUT2D eigenvalue weighted by Gasteiger charge is -2.25. The molecule has 0 aromatic carbocycles. The summed E-state index contributed by atoms with van der Waals surface area (Å²) < 4.78 is 4.84. The van der Waals surface area contributed by atoms with E-state index in [0.29, 0.717) is 6.54 Å². The summed E-state index contributed by atoms with van der Waals surface area (Å²) in [7, 11) is 4.81. The second kappa shape index (κ2) is 8.03. The second-order valence-electron chi connectivity index (χ2n) is 4.11. The summed E-state index contributed by atoms with van der Waals surface area (Å²) in [6, 6.07) is -0.707. The van der Waals surface area contributed by atoms with Crippen LogP contribution in [0.2, 0.25) is 0 Å². The fourth-order valence-electron chi connectivity index (χ4n) is 1.33. The molecule has 0 bridgehead atoms. The van der Waals surface area contributed by atoms with Gasteiger partial charge in [-0.3, -0.25) is 9.59 Å². The third kappa shape index (κ3) is 5.65. The Bertz CT molecular complexity index is 256. The fourth-order valence-corrected chi connectivity index (χ4v) is 1.33. The van der Waals surface area contributed by atoms with Gasteiger partial charge in [-0.1, -0.05) is 6.92 Å². The fraction of sp³-hybridized carbons (Fsp3) is 0.818. The molecule has 0 aliphatic carbocycles. The van der Waals surface area contributed by atoms with E-state index in [1.54, 1.807) is 14.1 Å². The molecule has 1 atom stereocenters. The predicted molar refractivity (Wildman–Crippen MR) is 65.4 cm³/mol. The molecule has 0 aromatic heterocycles. The average Bonchev–Trinajstić information content (AvgIpc) is 2.27. The number of carbonyl (C=O) groups excluding carboxylic acids is 2. The Morgan fingerprint density at radius 2 is 1.94 bits per heavy atom. The molecule has 100 valence electrons. The molecule has 0 aliphatic rings. The predicted octanol–water partition coefficient (Wildman–Crippen LogP) is -0.713. The average molecular weight is 245 g/mol. The summed E-state index contributed by atoms with van der Waals surface area (Å²) >= 11 is 0. The molecule has 6 nitrogen and oxygen atoms in total. The van der Waals surface area contributed by atoms with Gasteiger partial charge in [0.1, 0.15) is 6.04 Å². The van der Waals surface area contributed by atoms with Crippen molar-refractivity contribution in [3.8, 4) is 0 Å². The summed E-state index contributed by atoms with van der Waals surface area (Å²) in [5, 5.41) is 0. The van der Waals surface area contributed by atoms with Gasteiger partial charge in [0.2, 0.25) is 11.8 Å². The third-order valence-electron chi connectivity index (χ3n) is 2.29. The maximum absolute atomic E-state index is 11.9. The molecule has 1 unspecified atom stereocenters. The zero-order valence-corrected chi connectivity index (χ0v) is 11.1. The van der Waals surface area contributed by atoms with Crippen molar-refractivity contribution in [2.75, 3.05) is 40.9 Å². The summed E-state index contributed by atoms with van der Waals surface area (Å²) in [5.41, 5.74) is 5.67. The number of amides is 2. The zero-order chi connectivity index (χ0) is 13.4. The number of hydrogen-bond acceptors (Lipinski definition) is 4. The van der Waals surface area contributed by atoms with Crippen LogP contribution in [0.1, 0.15) is 13.3 Å². The van der Waals surface area contributed by atoms with Crippen molar-refractivity contribution >= 4 is 11.8 Å². The highest BCUT2D eigenvalue weighted by atomic mass is 16.5. The van der Waals surface area contributed by atoms with Gasteiger partial charge < -0.3 is 20.3 Å². The molecule has 0 fully saturated rings. The van der Waals surface area contributed by atoms with Crippen molar-refractivity contribution in [3.63, 3.8) is 0 Å². The van der Waals surface area contributed by atoms with Crippen LogP contribution in [-0.4, -0.2) is 68.6 Å². The Hall–Kier alpha value is -1.14. The number of ether oxygens (including phenoxy) is 1. The smallest absolute Gasteiger partial charge is 0.242 e. The second-order valence-corrected chi connectivity index (χ2v) is 4.11. The molecule has 2 N–H and O–H groups in total. The van der Waals surface area contributed by atoms with Gasteiger partial charge >= 0.3 is 0 Å². The molecule has 0 rings (SSSR count). The minimum Gasteiger partial charge on any atom is -0.383 e. The minimum absolute atomic E-state index is 0.0666. The lowest BCUT2D eigenvalue weighted by atomic mass is 10.2. The Morgan fingerprint density at radius 3 is 2.35 bits per heavy atom. The van der Waals surface area contributed by atoms with Gasteiger partial charge in [-0.05, 0) is 6.42 Å². The molecule has 0 aromatic rings. The van der Waals surface area contributed by atoms with Crippen LogP contribution >= 0.6 is 0 Å². The highest BCUT2D eigenvalue weighted by molar-refractivity contribution is 5.87. The van der Waals surface area contributed by atoms with Gasteiger partial charge in [-0.15, -0.1) is 0 Å². The number of hydrogen-bond donors (Lipinski definition) is 1. The number of carbonyl (C=O) groups is 2. The monoisotopic (exact) mass is 245 g/mol. The van der Waals surface area contributed by atoms with Crippen molar-refractivity contribution in [1.29, 1.82) is 0 Å². The van der Waals surface area contributed by atoms with Crippen molar-refractivity contribution in [1.82, 2.24) is 9.80 Å². The minimum atomic E-state index is -0.707. The molecule has 6 heteroatoms. The highest BCUT2D eigenvalue weighted by Crippen LogP contribution is 1.98. The molecule has 0 radical (unpaired) electrons. The quantitative estimate of drug-likeness (QED) is 0.642. The third-order valence-corrected chi connectivity index (χ3v) is 2.29. The van der Waals surface area contributed by atoms with Gasteiger partial charge in [0, 0.05) is 27.7 Å². The molecule has 0 saturated carbocycles. The molecule has 17 heavy (non-hydrogen) atoms. The SMILES string of the molecule is CCCN(CC(=O)N(C)C)C(=O)C(N)COC. The summed E-state index contributed by atoms with van der Waals surface area (Å²) in [4.78, 5) is 26.4. The number of nitrogens with zero attached hydrogens (tertiary/aromatic N) is 2. The first kappa shape index (κ1) is 15.9. The van der Waals surface area contributed by atoms with Crippen molar-refractivity contribution in [2.24, 2.45) is 5.73 Å². The van der Waals surface area contributed by atoms with E-state index >= 15 is 0 Å². The van der Waals surface area contributed by atoms with E-state index < -0.39 is 6.04 Å². The van der Waals surface area contributed by atoms with Crippen molar-refractivity contribution < 1.29 is 14.3 Å². The van der Waals surface area contributed by atoms with Crippen LogP contribution < -0.4 is 5.73 Å². The number of nitrogens with two attached hydrogens (primary N) is 1. The molecule has 0 saturated heterocycles. The van der Waals surface area contributed by atoms with E-state index in [0.717, 1.165) is 6.42 Å². The zero-order valence-electron chi connectivity index (χ0n) is 11.1. The van der Waals surface area contributed by atoms with Crippen LogP contribution in [0.25, 0.3) is 0 Å². The highest BCUT2D eigenvalue weighted by Gasteiger charge is 2.22. The van der Waals surface area contributed by atoms with Crippen LogP contribution in [-0.2, 0) is 14.3 Å².